The highest BCUT2D eigenvalue weighted by Gasteiger charge is 2.03. The molecule has 0 saturated heterocycles. The Labute approximate surface area is 104 Å². The Kier molecular flexibility index (Phi) is 6.55. The van der Waals surface area contributed by atoms with Crippen LogP contribution < -0.4 is 4.90 Å². The fraction of sp³-hybridized carbons (Fsp3) is 0.692. The van der Waals surface area contributed by atoms with Crippen LogP contribution in [0.5, 0.6) is 0 Å². The van der Waals surface area contributed by atoms with E-state index in [4.69, 9.17) is 5.11 Å². The van der Waals surface area contributed by atoms with Gasteiger partial charge in [0.2, 0.25) is 0 Å². The summed E-state index contributed by atoms with van der Waals surface area (Å²) in [5.41, 5.74) is 1.11. The van der Waals surface area contributed by atoms with Crippen molar-refractivity contribution in [2.24, 2.45) is 0 Å². The molecule has 0 aromatic carbocycles. The highest BCUT2D eigenvalue weighted by Crippen LogP contribution is 2.11. The number of aromatic nitrogens is 2. The summed E-state index contributed by atoms with van der Waals surface area (Å²) in [6, 6.07) is 2.07. The lowest BCUT2D eigenvalue weighted by atomic mass is 10.2. The molecule has 1 heterocycles. The topological polar surface area (TPSA) is 49.2 Å². The summed E-state index contributed by atoms with van der Waals surface area (Å²) >= 11 is 0. The summed E-state index contributed by atoms with van der Waals surface area (Å²) in [4.78, 5) is 10.7. The number of unbranched alkanes of at least 4 members (excludes halogenated alkanes) is 2. The van der Waals surface area contributed by atoms with E-state index in [1.54, 1.807) is 6.33 Å². The van der Waals surface area contributed by atoms with Crippen molar-refractivity contribution in [1.29, 1.82) is 0 Å². The van der Waals surface area contributed by atoms with Crippen LogP contribution in [-0.2, 0) is 6.42 Å². The smallest absolute Gasteiger partial charge is 0.131 e. The van der Waals surface area contributed by atoms with Gasteiger partial charge in [-0.1, -0.05) is 13.3 Å². The first-order valence-corrected chi connectivity index (χ1v) is 6.40. The Bertz CT molecular complexity index is 317. The monoisotopic (exact) mass is 237 g/mol. The molecule has 0 atom stereocenters. The van der Waals surface area contributed by atoms with Crippen molar-refractivity contribution >= 4 is 5.82 Å². The summed E-state index contributed by atoms with van der Waals surface area (Å²) in [7, 11) is 2.05. The number of hydrogen-bond donors (Lipinski definition) is 1. The molecule has 0 aliphatic rings. The van der Waals surface area contributed by atoms with Crippen molar-refractivity contribution in [3.05, 3.63) is 18.1 Å². The normalized spacial score (nSPS) is 10.5. The fourth-order valence-electron chi connectivity index (χ4n) is 1.74. The predicted octanol–water partition coefficient (Wildman–Crippen LogP) is 2.03. The maximum Gasteiger partial charge on any atom is 0.131 e. The molecule has 4 nitrogen and oxygen atoms in total. The molecule has 0 aliphatic carbocycles. The molecule has 96 valence electrons. The minimum absolute atomic E-state index is 0.290. The SMILES string of the molecule is CCCc1cc(N(C)CCCCCO)ncn1. The summed E-state index contributed by atoms with van der Waals surface area (Å²) in [5, 5.41) is 8.71. The molecule has 1 aromatic rings. The van der Waals surface area contributed by atoms with Gasteiger partial charge >= 0.3 is 0 Å². The highest BCUT2D eigenvalue weighted by atomic mass is 16.2. The number of aliphatic hydroxyl groups is 1. The molecule has 0 saturated carbocycles. The van der Waals surface area contributed by atoms with E-state index in [1.807, 2.05) is 0 Å². The van der Waals surface area contributed by atoms with Crippen molar-refractivity contribution in [2.45, 2.75) is 39.0 Å². The third-order valence-electron chi connectivity index (χ3n) is 2.76. The number of aliphatic hydroxyl groups excluding tert-OH is 1. The third-order valence-corrected chi connectivity index (χ3v) is 2.76. The molecule has 0 radical (unpaired) electrons. The molecular weight excluding hydrogens is 214 g/mol. The molecule has 1 rings (SSSR count). The lowest BCUT2D eigenvalue weighted by Crippen LogP contribution is -2.20. The van der Waals surface area contributed by atoms with Gasteiger partial charge in [-0.05, 0) is 25.7 Å². The lowest BCUT2D eigenvalue weighted by molar-refractivity contribution is 0.283. The zero-order chi connectivity index (χ0) is 12.5. The van der Waals surface area contributed by atoms with Crippen molar-refractivity contribution in [1.82, 2.24) is 9.97 Å². The van der Waals surface area contributed by atoms with Gasteiger partial charge in [0, 0.05) is 32.0 Å². The van der Waals surface area contributed by atoms with Gasteiger partial charge in [0.25, 0.3) is 0 Å². The molecule has 0 unspecified atom stereocenters. The van der Waals surface area contributed by atoms with Crippen LogP contribution in [0, 0.1) is 0 Å². The molecular formula is C13H23N3O. The molecule has 17 heavy (non-hydrogen) atoms. The Morgan fingerprint density at radius 2 is 2.06 bits per heavy atom. The quantitative estimate of drug-likeness (QED) is 0.703. The molecule has 1 aromatic heterocycles. The second kappa shape index (κ2) is 8.01. The van der Waals surface area contributed by atoms with E-state index in [2.05, 4.69) is 34.9 Å². The van der Waals surface area contributed by atoms with E-state index in [9.17, 15) is 0 Å². The van der Waals surface area contributed by atoms with Gasteiger partial charge in [0.15, 0.2) is 0 Å². The number of hydrogen-bond acceptors (Lipinski definition) is 4. The van der Waals surface area contributed by atoms with E-state index in [0.717, 1.165) is 50.2 Å². The van der Waals surface area contributed by atoms with Gasteiger partial charge in [-0.2, -0.15) is 0 Å². The van der Waals surface area contributed by atoms with E-state index in [-0.39, 0.29) is 6.61 Å². The minimum atomic E-state index is 0.290. The van der Waals surface area contributed by atoms with Gasteiger partial charge < -0.3 is 10.0 Å². The molecule has 0 fully saturated rings. The molecule has 0 aliphatic heterocycles. The fourth-order valence-corrected chi connectivity index (χ4v) is 1.74. The van der Waals surface area contributed by atoms with Crippen LogP contribution in [0.3, 0.4) is 0 Å². The number of aryl methyl sites for hydroxylation is 1. The first-order chi connectivity index (χ1) is 8.27. The van der Waals surface area contributed by atoms with E-state index >= 15 is 0 Å². The van der Waals surface area contributed by atoms with Gasteiger partial charge in [0.05, 0.1) is 0 Å². The maximum absolute atomic E-state index is 8.71. The lowest BCUT2D eigenvalue weighted by Gasteiger charge is -2.18. The second-order valence-corrected chi connectivity index (χ2v) is 4.32. The Morgan fingerprint density at radius 1 is 1.24 bits per heavy atom. The predicted molar refractivity (Wildman–Crippen MR) is 70.2 cm³/mol. The average Bonchev–Trinajstić information content (AvgIpc) is 2.35. The van der Waals surface area contributed by atoms with Crippen molar-refractivity contribution < 1.29 is 5.11 Å². The average molecular weight is 237 g/mol. The molecule has 0 spiro atoms. The van der Waals surface area contributed by atoms with Crippen LogP contribution >= 0.6 is 0 Å². The number of rotatable bonds is 8. The van der Waals surface area contributed by atoms with Crippen LogP contribution in [0.4, 0.5) is 5.82 Å². The Morgan fingerprint density at radius 3 is 2.76 bits per heavy atom. The summed E-state index contributed by atoms with van der Waals surface area (Å²) in [5.74, 6) is 0.993. The minimum Gasteiger partial charge on any atom is -0.396 e. The highest BCUT2D eigenvalue weighted by molar-refractivity contribution is 5.37. The zero-order valence-electron chi connectivity index (χ0n) is 10.9. The van der Waals surface area contributed by atoms with Crippen molar-refractivity contribution in [2.75, 3.05) is 25.1 Å². The van der Waals surface area contributed by atoms with Gasteiger partial charge in [-0.3, -0.25) is 0 Å². The Hall–Kier alpha value is -1.16. The first kappa shape index (κ1) is 13.9. The van der Waals surface area contributed by atoms with Gasteiger partial charge in [0.1, 0.15) is 12.1 Å². The number of anilines is 1. The molecule has 0 bridgehead atoms. The van der Waals surface area contributed by atoms with Crippen LogP contribution in [0.25, 0.3) is 0 Å². The van der Waals surface area contributed by atoms with Crippen LogP contribution in [0.15, 0.2) is 12.4 Å². The Balaban J connectivity index is 2.44. The molecule has 4 heteroatoms. The molecule has 0 amide bonds. The summed E-state index contributed by atoms with van der Waals surface area (Å²) in [6.07, 6.45) is 6.80. The van der Waals surface area contributed by atoms with Gasteiger partial charge in [-0.25, -0.2) is 9.97 Å². The van der Waals surface area contributed by atoms with Crippen LogP contribution in [-0.4, -0.2) is 35.3 Å². The van der Waals surface area contributed by atoms with Crippen molar-refractivity contribution in [3.8, 4) is 0 Å². The second-order valence-electron chi connectivity index (χ2n) is 4.32. The standard InChI is InChI=1S/C13H23N3O/c1-3-7-12-10-13(15-11-14-12)16(2)8-5-4-6-9-17/h10-11,17H,3-9H2,1-2H3. The zero-order valence-corrected chi connectivity index (χ0v) is 10.9. The van der Waals surface area contributed by atoms with Crippen LogP contribution in [0.2, 0.25) is 0 Å². The number of nitrogens with zero attached hydrogens (tertiary/aromatic N) is 3. The largest absolute Gasteiger partial charge is 0.396 e. The maximum atomic E-state index is 8.71. The first-order valence-electron chi connectivity index (χ1n) is 6.40. The van der Waals surface area contributed by atoms with Crippen LogP contribution in [0.1, 0.15) is 38.3 Å². The van der Waals surface area contributed by atoms with Crippen molar-refractivity contribution in [3.63, 3.8) is 0 Å². The van der Waals surface area contributed by atoms with E-state index < -0.39 is 0 Å². The summed E-state index contributed by atoms with van der Waals surface area (Å²) in [6.45, 7) is 3.42. The third kappa shape index (κ3) is 5.13. The summed E-state index contributed by atoms with van der Waals surface area (Å²) < 4.78 is 0. The van der Waals surface area contributed by atoms with E-state index in [1.165, 1.54) is 0 Å². The molecule has 1 N–H and O–H groups in total. The van der Waals surface area contributed by atoms with Gasteiger partial charge in [-0.15, -0.1) is 0 Å². The van der Waals surface area contributed by atoms with E-state index in [0.29, 0.717) is 0 Å².